The van der Waals surface area contributed by atoms with Gasteiger partial charge in [-0.25, -0.2) is 4.39 Å². The fourth-order valence-electron chi connectivity index (χ4n) is 2.31. The van der Waals surface area contributed by atoms with E-state index in [-0.39, 0.29) is 24.1 Å². The molecule has 1 fully saturated rings. The largest absolute Gasteiger partial charge is 0.339 e. The summed E-state index contributed by atoms with van der Waals surface area (Å²) in [6.45, 7) is 5.41. The van der Waals surface area contributed by atoms with Gasteiger partial charge in [0, 0.05) is 32.7 Å². The van der Waals surface area contributed by atoms with Gasteiger partial charge in [0.15, 0.2) is 0 Å². The third-order valence-electron chi connectivity index (χ3n) is 3.37. The topological polar surface area (TPSA) is 49.6 Å². The van der Waals surface area contributed by atoms with Gasteiger partial charge in [-0.2, -0.15) is 0 Å². The summed E-state index contributed by atoms with van der Waals surface area (Å²) in [4.78, 5) is 15.8. The Morgan fingerprint density at radius 3 is 2.55 bits per heavy atom. The van der Waals surface area contributed by atoms with E-state index in [1.807, 2.05) is 6.07 Å². The van der Waals surface area contributed by atoms with Crippen LogP contribution >= 0.6 is 12.4 Å². The summed E-state index contributed by atoms with van der Waals surface area (Å²) in [6, 6.07) is 6.21. The number of carbonyl (C=O) groups is 1. The van der Waals surface area contributed by atoms with Crippen molar-refractivity contribution in [3.63, 3.8) is 0 Å². The third kappa shape index (κ3) is 4.44. The van der Waals surface area contributed by atoms with Gasteiger partial charge in [0.1, 0.15) is 5.82 Å². The van der Waals surface area contributed by atoms with Gasteiger partial charge in [0.05, 0.1) is 6.04 Å². The first-order chi connectivity index (χ1) is 9.06. The molecule has 6 heteroatoms. The normalized spacial score (nSPS) is 17.4. The van der Waals surface area contributed by atoms with E-state index in [0.717, 1.165) is 25.2 Å². The highest BCUT2D eigenvalue weighted by Crippen LogP contribution is 2.10. The third-order valence-corrected chi connectivity index (χ3v) is 3.37. The van der Waals surface area contributed by atoms with E-state index in [0.29, 0.717) is 13.1 Å². The number of benzene rings is 1. The van der Waals surface area contributed by atoms with Gasteiger partial charge in [0.25, 0.3) is 0 Å². The molecule has 1 aliphatic heterocycles. The molecule has 2 rings (SSSR count). The van der Waals surface area contributed by atoms with Crippen molar-refractivity contribution >= 4 is 18.3 Å². The quantitative estimate of drug-likeness (QED) is 0.914. The summed E-state index contributed by atoms with van der Waals surface area (Å²) < 4.78 is 13.1. The van der Waals surface area contributed by atoms with Gasteiger partial charge in [-0.1, -0.05) is 12.1 Å². The van der Waals surface area contributed by atoms with Crippen LogP contribution in [-0.2, 0) is 11.3 Å². The lowest BCUT2D eigenvalue weighted by Gasteiger charge is -2.35. The number of carbonyl (C=O) groups excluding carboxylic acids is 1. The van der Waals surface area contributed by atoms with Crippen LogP contribution in [0.1, 0.15) is 12.5 Å². The molecule has 1 aromatic carbocycles. The molecule has 112 valence electrons. The molecule has 4 nitrogen and oxygen atoms in total. The standard InChI is InChI=1S/C14H20FN3O.ClH/c1-11(16)14(19)18-7-5-17(6-8-18)10-12-3-2-4-13(15)9-12;/h2-4,9,11H,5-8,10,16H2,1H3;1H. The maximum atomic E-state index is 13.1. The van der Waals surface area contributed by atoms with Crippen molar-refractivity contribution in [1.29, 1.82) is 0 Å². The van der Waals surface area contributed by atoms with Crippen molar-refractivity contribution in [2.45, 2.75) is 19.5 Å². The Labute approximate surface area is 125 Å². The number of hydrogen-bond acceptors (Lipinski definition) is 3. The van der Waals surface area contributed by atoms with Crippen LogP contribution in [0.3, 0.4) is 0 Å². The van der Waals surface area contributed by atoms with E-state index in [4.69, 9.17) is 5.73 Å². The maximum absolute atomic E-state index is 13.1. The first-order valence-corrected chi connectivity index (χ1v) is 6.57. The van der Waals surface area contributed by atoms with Crippen LogP contribution in [-0.4, -0.2) is 47.9 Å². The molecule has 0 saturated carbocycles. The molecular formula is C14H21ClFN3O. The first kappa shape index (κ1) is 16.9. The molecule has 0 aliphatic carbocycles. The highest BCUT2D eigenvalue weighted by molar-refractivity contribution is 5.85. The predicted octanol–water partition coefficient (Wildman–Crippen LogP) is 1.24. The van der Waals surface area contributed by atoms with Gasteiger partial charge < -0.3 is 10.6 Å². The zero-order valence-corrected chi connectivity index (χ0v) is 12.4. The van der Waals surface area contributed by atoms with Gasteiger partial charge in [-0.05, 0) is 24.6 Å². The molecule has 1 amide bonds. The van der Waals surface area contributed by atoms with E-state index < -0.39 is 6.04 Å². The second-order valence-corrected chi connectivity index (χ2v) is 5.02. The van der Waals surface area contributed by atoms with E-state index in [9.17, 15) is 9.18 Å². The van der Waals surface area contributed by atoms with Gasteiger partial charge >= 0.3 is 0 Å². The summed E-state index contributed by atoms with van der Waals surface area (Å²) in [5.41, 5.74) is 6.56. The molecule has 20 heavy (non-hydrogen) atoms. The number of hydrogen-bond donors (Lipinski definition) is 1. The molecule has 1 heterocycles. The van der Waals surface area contributed by atoms with E-state index in [2.05, 4.69) is 4.90 Å². The lowest BCUT2D eigenvalue weighted by molar-refractivity contribution is -0.134. The predicted molar refractivity (Wildman–Crippen MR) is 79.2 cm³/mol. The second-order valence-electron chi connectivity index (χ2n) is 5.02. The summed E-state index contributed by atoms with van der Waals surface area (Å²) in [7, 11) is 0. The molecule has 1 aromatic rings. The highest BCUT2D eigenvalue weighted by Gasteiger charge is 2.22. The minimum Gasteiger partial charge on any atom is -0.339 e. The summed E-state index contributed by atoms with van der Waals surface area (Å²) in [5.74, 6) is -0.200. The molecular weight excluding hydrogens is 281 g/mol. The van der Waals surface area contributed by atoms with Crippen LogP contribution in [0.15, 0.2) is 24.3 Å². The molecule has 0 radical (unpaired) electrons. The van der Waals surface area contributed by atoms with E-state index in [1.54, 1.807) is 24.0 Å². The second kappa shape index (κ2) is 7.57. The number of nitrogens with zero attached hydrogens (tertiary/aromatic N) is 2. The van der Waals surface area contributed by atoms with E-state index in [1.165, 1.54) is 6.07 Å². The number of rotatable bonds is 3. The van der Waals surface area contributed by atoms with Crippen molar-refractivity contribution in [1.82, 2.24) is 9.80 Å². The molecule has 1 aliphatic rings. The number of halogens is 2. The van der Waals surface area contributed by atoms with Crippen LogP contribution in [0.4, 0.5) is 4.39 Å². The Hall–Kier alpha value is -1.17. The average molecular weight is 302 g/mol. The molecule has 0 spiro atoms. The molecule has 1 atom stereocenters. The smallest absolute Gasteiger partial charge is 0.239 e. The Balaban J connectivity index is 0.00000200. The minimum atomic E-state index is -0.435. The van der Waals surface area contributed by atoms with Gasteiger partial charge in [0.2, 0.25) is 5.91 Å². The Morgan fingerprint density at radius 2 is 2.00 bits per heavy atom. The zero-order valence-electron chi connectivity index (χ0n) is 11.6. The van der Waals surface area contributed by atoms with Crippen molar-refractivity contribution in [2.75, 3.05) is 26.2 Å². The molecule has 0 aromatic heterocycles. The SMILES string of the molecule is CC(N)C(=O)N1CCN(Cc2cccc(F)c2)CC1.Cl. The summed E-state index contributed by atoms with van der Waals surface area (Å²) in [6.07, 6.45) is 0. The molecule has 1 unspecified atom stereocenters. The maximum Gasteiger partial charge on any atom is 0.239 e. The average Bonchev–Trinajstić information content (AvgIpc) is 2.39. The molecule has 1 saturated heterocycles. The molecule has 2 N–H and O–H groups in total. The van der Waals surface area contributed by atoms with Crippen LogP contribution in [0, 0.1) is 5.82 Å². The monoisotopic (exact) mass is 301 g/mol. The van der Waals surface area contributed by atoms with Crippen molar-refractivity contribution < 1.29 is 9.18 Å². The van der Waals surface area contributed by atoms with Crippen molar-refractivity contribution in [3.8, 4) is 0 Å². The summed E-state index contributed by atoms with van der Waals surface area (Å²) >= 11 is 0. The Bertz CT molecular complexity index is 448. The van der Waals surface area contributed by atoms with Gasteiger partial charge in [-0.15, -0.1) is 12.4 Å². The fourth-order valence-corrected chi connectivity index (χ4v) is 2.31. The number of piperazine rings is 1. The van der Waals surface area contributed by atoms with Crippen LogP contribution < -0.4 is 5.73 Å². The van der Waals surface area contributed by atoms with E-state index >= 15 is 0 Å². The lowest BCUT2D eigenvalue weighted by Crippen LogP contribution is -2.52. The van der Waals surface area contributed by atoms with Crippen molar-refractivity contribution in [3.05, 3.63) is 35.6 Å². The summed E-state index contributed by atoms with van der Waals surface area (Å²) in [5, 5.41) is 0. The van der Waals surface area contributed by atoms with Crippen molar-refractivity contribution in [2.24, 2.45) is 5.73 Å². The zero-order chi connectivity index (χ0) is 13.8. The fraction of sp³-hybridized carbons (Fsp3) is 0.500. The number of nitrogens with two attached hydrogens (primary N) is 1. The minimum absolute atomic E-state index is 0. The molecule has 0 bridgehead atoms. The Morgan fingerprint density at radius 1 is 1.35 bits per heavy atom. The first-order valence-electron chi connectivity index (χ1n) is 6.57. The van der Waals surface area contributed by atoms with Crippen LogP contribution in [0.25, 0.3) is 0 Å². The van der Waals surface area contributed by atoms with Gasteiger partial charge in [-0.3, -0.25) is 9.69 Å². The Kier molecular flexibility index (Phi) is 6.39. The van der Waals surface area contributed by atoms with Crippen LogP contribution in [0.5, 0.6) is 0 Å². The lowest BCUT2D eigenvalue weighted by atomic mass is 10.2. The number of amides is 1. The highest BCUT2D eigenvalue weighted by atomic mass is 35.5. The van der Waals surface area contributed by atoms with Crippen LogP contribution in [0.2, 0.25) is 0 Å².